The molecule has 0 radical (unpaired) electrons. The summed E-state index contributed by atoms with van der Waals surface area (Å²) >= 11 is 3.43. The average molecular weight is 337 g/mol. The van der Waals surface area contributed by atoms with Gasteiger partial charge < -0.3 is 5.32 Å². The first-order valence-electron chi connectivity index (χ1n) is 6.45. The van der Waals surface area contributed by atoms with E-state index < -0.39 is 0 Å². The van der Waals surface area contributed by atoms with Gasteiger partial charge in [-0.15, -0.1) is 0 Å². The number of halogens is 1. The summed E-state index contributed by atoms with van der Waals surface area (Å²) in [4.78, 5) is 16.2. The summed E-state index contributed by atoms with van der Waals surface area (Å²) in [6.07, 6.45) is 3.42. The smallest absolute Gasteiger partial charge is 0.273 e. The second-order valence-electron chi connectivity index (χ2n) is 4.93. The summed E-state index contributed by atoms with van der Waals surface area (Å²) in [5, 5.41) is 9.91. The van der Waals surface area contributed by atoms with Gasteiger partial charge in [-0.1, -0.05) is 13.8 Å². The highest BCUT2D eigenvalue weighted by atomic mass is 79.9. The first-order valence-corrected chi connectivity index (χ1v) is 7.24. The van der Waals surface area contributed by atoms with E-state index in [1.165, 1.54) is 0 Å². The van der Waals surface area contributed by atoms with Crippen molar-refractivity contribution in [1.29, 1.82) is 0 Å². The van der Waals surface area contributed by atoms with E-state index in [4.69, 9.17) is 0 Å². The van der Waals surface area contributed by atoms with Crippen LogP contribution in [-0.2, 0) is 0 Å². The van der Waals surface area contributed by atoms with Crippen LogP contribution < -0.4 is 5.32 Å². The first kappa shape index (κ1) is 14.7. The molecule has 0 aromatic carbocycles. The fraction of sp³-hybridized carbons (Fsp3) is 0.357. The fourth-order valence-electron chi connectivity index (χ4n) is 1.88. The van der Waals surface area contributed by atoms with E-state index in [-0.39, 0.29) is 17.9 Å². The summed E-state index contributed by atoms with van der Waals surface area (Å²) in [5.74, 6) is 0.0698. The second kappa shape index (κ2) is 6.17. The summed E-state index contributed by atoms with van der Waals surface area (Å²) in [6, 6.07) is 3.66. The maximum absolute atomic E-state index is 12.2. The molecule has 1 atom stereocenters. The number of amides is 1. The van der Waals surface area contributed by atoms with Gasteiger partial charge in [-0.05, 0) is 46.5 Å². The van der Waals surface area contributed by atoms with E-state index in [1.54, 1.807) is 12.4 Å². The van der Waals surface area contributed by atoms with E-state index in [2.05, 4.69) is 36.4 Å². The lowest BCUT2D eigenvalue weighted by Gasteiger charge is -2.13. The topological polar surface area (TPSA) is 70.7 Å². The molecule has 2 aromatic rings. The van der Waals surface area contributed by atoms with Crippen molar-refractivity contribution in [3.8, 4) is 0 Å². The number of aromatic nitrogens is 3. The van der Waals surface area contributed by atoms with Crippen molar-refractivity contribution in [2.24, 2.45) is 0 Å². The van der Waals surface area contributed by atoms with Crippen molar-refractivity contribution in [1.82, 2.24) is 20.5 Å². The zero-order valence-electron chi connectivity index (χ0n) is 11.6. The molecule has 106 valence electrons. The highest BCUT2D eigenvalue weighted by Crippen LogP contribution is 2.25. The van der Waals surface area contributed by atoms with Gasteiger partial charge in [0.1, 0.15) is 0 Å². The highest BCUT2D eigenvalue weighted by molar-refractivity contribution is 9.10. The van der Waals surface area contributed by atoms with Gasteiger partial charge in [0.05, 0.1) is 16.2 Å². The summed E-state index contributed by atoms with van der Waals surface area (Å²) < 4.78 is 0.729. The number of pyridine rings is 1. The Hall–Kier alpha value is -1.69. The Morgan fingerprint density at radius 1 is 1.30 bits per heavy atom. The molecular weight excluding hydrogens is 320 g/mol. The van der Waals surface area contributed by atoms with Crippen LogP contribution in [0.3, 0.4) is 0 Å². The third-order valence-corrected chi connectivity index (χ3v) is 3.88. The minimum Gasteiger partial charge on any atom is -0.344 e. The highest BCUT2D eigenvalue weighted by Gasteiger charge is 2.20. The van der Waals surface area contributed by atoms with E-state index in [0.717, 1.165) is 15.7 Å². The molecule has 0 unspecified atom stereocenters. The number of rotatable bonds is 4. The van der Waals surface area contributed by atoms with E-state index >= 15 is 0 Å². The number of carbonyl (C=O) groups is 1. The molecule has 0 fully saturated rings. The van der Waals surface area contributed by atoms with Crippen LogP contribution in [0.1, 0.15) is 54.5 Å². The number of hydrogen-bond donors (Lipinski definition) is 2. The van der Waals surface area contributed by atoms with Gasteiger partial charge in [0.15, 0.2) is 5.69 Å². The lowest BCUT2D eigenvalue weighted by Crippen LogP contribution is -2.27. The number of aromatic amines is 1. The van der Waals surface area contributed by atoms with Crippen LogP contribution in [0.15, 0.2) is 29.0 Å². The largest absolute Gasteiger partial charge is 0.344 e. The van der Waals surface area contributed by atoms with Crippen molar-refractivity contribution in [3.05, 3.63) is 46.0 Å². The summed E-state index contributed by atoms with van der Waals surface area (Å²) in [6.45, 7) is 6.01. The molecule has 0 saturated heterocycles. The summed E-state index contributed by atoms with van der Waals surface area (Å²) in [7, 11) is 0. The third kappa shape index (κ3) is 3.07. The van der Waals surface area contributed by atoms with Crippen molar-refractivity contribution in [2.75, 3.05) is 0 Å². The van der Waals surface area contributed by atoms with Crippen LogP contribution in [0.4, 0.5) is 0 Å². The van der Waals surface area contributed by atoms with Gasteiger partial charge >= 0.3 is 0 Å². The molecule has 1 amide bonds. The van der Waals surface area contributed by atoms with E-state index in [0.29, 0.717) is 5.69 Å². The van der Waals surface area contributed by atoms with Crippen LogP contribution >= 0.6 is 15.9 Å². The van der Waals surface area contributed by atoms with Crippen LogP contribution in [0.25, 0.3) is 0 Å². The number of carbonyl (C=O) groups excluding carboxylic acids is 1. The van der Waals surface area contributed by atoms with Crippen molar-refractivity contribution >= 4 is 21.8 Å². The van der Waals surface area contributed by atoms with Gasteiger partial charge in [-0.3, -0.25) is 14.9 Å². The molecule has 5 nitrogen and oxygen atoms in total. The van der Waals surface area contributed by atoms with E-state index in [1.807, 2.05) is 32.9 Å². The molecule has 20 heavy (non-hydrogen) atoms. The van der Waals surface area contributed by atoms with Gasteiger partial charge in [0, 0.05) is 12.4 Å². The van der Waals surface area contributed by atoms with Gasteiger partial charge in [-0.2, -0.15) is 5.10 Å². The Bertz CT molecular complexity index is 594. The van der Waals surface area contributed by atoms with Crippen LogP contribution in [-0.4, -0.2) is 21.1 Å². The molecule has 2 aromatic heterocycles. The van der Waals surface area contributed by atoms with Gasteiger partial charge in [0.25, 0.3) is 5.91 Å². The SMILES string of the molecule is CC(C)c1[nH]nc(C(=O)N[C@@H](C)c2ccncc2)c1Br. The average Bonchev–Trinajstić information content (AvgIpc) is 2.81. The minimum atomic E-state index is -0.204. The molecule has 6 heteroatoms. The Morgan fingerprint density at radius 2 is 1.95 bits per heavy atom. The third-order valence-electron chi connectivity index (χ3n) is 3.08. The Labute approximate surface area is 126 Å². The molecule has 0 aliphatic rings. The molecule has 0 bridgehead atoms. The maximum atomic E-state index is 12.2. The predicted molar refractivity (Wildman–Crippen MR) is 80.5 cm³/mol. The van der Waals surface area contributed by atoms with E-state index in [9.17, 15) is 4.79 Å². The Balaban J connectivity index is 2.13. The number of nitrogens with zero attached hydrogens (tertiary/aromatic N) is 2. The standard InChI is InChI=1S/C14H17BrN4O/c1-8(2)12-11(15)13(19-18-12)14(20)17-9(3)10-4-6-16-7-5-10/h4-9H,1-3H3,(H,17,20)(H,18,19)/t9-/m0/s1. The zero-order valence-corrected chi connectivity index (χ0v) is 13.2. The fourth-order valence-corrected chi connectivity index (χ4v) is 2.69. The van der Waals surface area contributed by atoms with Crippen LogP contribution in [0.2, 0.25) is 0 Å². The van der Waals surface area contributed by atoms with Crippen LogP contribution in [0.5, 0.6) is 0 Å². The number of H-pyrrole nitrogens is 1. The molecule has 0 spiro atoms. The molecule has 0 saturated carbocycles. The molecule has 2 heterocycles. The molecule has 2 N–H and O–H groups in total. The zero-order chi connectivity index (χ0) is 14.7. The number of hydrogen-bond acceptors (Lipinski definition) is 3. The second-order valence-corrected chi connectivity index (χ2v) is 5.72. The monoisotopic (exact) mass is 336 g/mol. The Kier molecular flexibility index (Phi) is 4.54. The first-order chi connectivity index (χ1) is 9.50. The molecular formula is C14H17BrN4O. The van der Waals surface area contributed by atoms with Crippen molar-refractivity contribution in [2.45, 2.75) is 32.7 Å². The predicted octanol–water partition coefficient (Wildman–Crippen LogP) is 3.18. The normalized spacial score (nSPS) is 12.4. The number of nitrogens with one attached hydrogen (secondary N) is 2. The maximum Gasteiger partial charge on any atom is 0.273 e. The molecule has 2 rings (SSSR count). The Morgan fingerprint density at radius 3 is 2.50 bits per heavy atom. The quantitative estimate of drug-likeness (QED) is 0.900. The van der Waals surface area contributed by atoms with Crippen molar-refractivity contribution < 1.29 is 4.79 Å². The van der Waals surface area contributed by atoms with Gasteiger partial charge in [0.2, 0.25) is 0 Å². The summed E-state index contributed by atoms with van der Waals surface area (Å²) in [5.41, 5.74) is 2.31. The molecule has 0 aliphatic carbocycles. The molecule has 0 aliphatic heterocycles. The lowest BCUT2D eigenvalue weighted by atomic mass is 10.1. The van der Waals surface area contributed by atoms with Crippen molar-refractivity contribution in [3.63, 3.8) is 0 Å². The minimum absolute atomic E-state index is 0.100. The lowest BCUT2D eigenvalue weighted by molar-refractivity contribution is 0.0934. The van der Waals surface area contributed by atoms with Gasteiger partial charge in [-0.25, -0.2) is 0 Å². The van der Waals surface area contributed by atoms with Crippen LogP contribution in [0, 0.1) is 0 Å².